The van der Waals surface area contributed by atoms with Gasteiger partial charge < -0.3 is 4.74 Å². The van der Waals surface area contributed by atoms with Crippen molar-refractivity contribution in [2.75, 3.05) is 7.11 Å². The van der Waals surface area contributed by atoms with Crippen LogP contribution in [0.4, 0.5) is 0 Å². The van der Waals surface area contributed by atoms with Crippen LogP contribution < -0.4 is 10.2 Å². The van der Waals surface area contributed by atoms with E-state index < -0.39 is 0 Å². The van der Waals surface area contributed by atoms with E-state index in [1.165, 1.54) is 11.3 Å². The maximum atomic E-state index is 12.5. The molecule has 2 aromatic rings. The monoisotopic (exact) mass is 294 g/mol. The summed E-state index contributed by atoms with van der Waals surface area (Å²) in [4.78, 5) is 12.5. The highest BCUT2D eigenvalue weighted by atomic mass is 16.5. The van der Waals surface area contributed by atoms with Crippen LogP contribution in [0.1, 0.15) is 15.9 Å². The fraction of sp³-hybridized carbons (Fsp3) is 0.0625. The number of amides is 1. The number of nitrogens with zero attached hydrogens (tertiary/aromatic N) is 3. The topological polar surface area (TPSA) is 66.3 Å². The summed E-state index contributed by atoms with van der Waals surface area (Å²) < 4.78 is 5.13. The zero-order chi connectivity index (χ0) is 15.4. The number of ether oxygens (including phenoxy) is 1. The number of hydrogen-bond acceptors (Lipinski definition) is 5. The molecule has 110 valence electrons. The van der Waals surface area contributed by atoms with Gasteiger partial charge >= 0.3 is 0 Å². The quantitative estimate of drug-likeness (QED) is 0.942. The maximum absolute atomic E-state index is 12.5. The number of benzene rings is 2. The predicted octanol–water partition coefficient (Wildman–Crippen LogP) is 2.05. The molecule has 6 nitrogen and oxygen atoms in total. The fourth-order valence-electron chi connectivity index (χ4n) is 2.01. The van der Waals surface area contributed by atoms with E-state index in [-0.39, 0.29) is 5.91 Å². The van der Waals surface area contributed by atoms with E-state index in [0.29, 0.717) is 17.1 Å². The van der Waals surface area contributed by atoms with Crippen molar-refractivity contribution in [2.45, 2.75) is 0 Å². The van der Waals surface area contributed by atoms with Gasteiger partial charge in [0.1, 0.15) is 12.1 Å². The number of methoxy groups -OCH3 is 1. The lowest BCUT2D eigenvalue weighted by Gasteiger charge is -2.18. The summed E-state index contributed by atoms with van der Waals surface area (Å²) in [5, 5.41) is 9.46. The number of amidine groups is 1. The summed E-state index contributed by atoms with van der Waals surface area (Å²) in [6, 6.07) is 16.4. The SMILES string of the molecule is COc1cccc(C(=O)N2C=NNC(c3ccccc3)=N2)c1. The Labute approximate surface area is 127 Å². The van der Waals surface area contributed by atoms with Crippen molar-refractivity contribution in [1.82, 2.24) is 10.4 Å². The normalized spacial score (nSPS) is 13.3. The number of nitrogens with one attached hydrogen (secondary N) is 1. The van der Waals surface area contributed by atoms with Crippen molar-refractivity contribution in [2.24, 2.45) is 10.2 Å². The second-order valence-corrected chi connectivity index (χ2v) is 4.55. The molecule has 2 aromatic carbocycles. The fourth-order valence-corrected chi connectivity index (χ4v) is 2.01. The lowest BCUT2D eigenvalue weighted by Crippen LogP contribution is -2.35. The van der Waals surface area contributed by atoms with Crippen LogP contribution in [-0.4, -0.2) is 30.2 Å². The molecule has 0 aliphatic carbocycles. The van der Waals surface area contributed by atoms with E-state index in [0.717, 1.165) is 5.56 Å². The molecule has 0 spiro atoms. The van der Waals surface area contributed by atoms with Crippen LogP contribution in [0.15, 0.2) is 64.8 Å². The van der Waals surface area contributed by atoms with E-state index in [2.05, 4.69) is 15.6 Å². The zero-order valence-electron chi connectivity index (χ0n) is 11.9. The van der Waals surface area contributed by atoms with Crippen LogP contribution in [0.3, 0.4) is 0 Å². The van der Waals surface area contributed by atoms with Gasteiger partial charge in [-0.05, 0) is 18.2 Å². The minimum Gasteiger partial charge on any atom is -0.497 e. The van der Waals surface area contributed by atoms with Crippen LogP contribution >= 0.6 is 0 Å². The summed E-state index contributed by atoms with van der Waals surface area (Å²) in [5.41, 5.74) is 4.12. The molecule has 0 bridgehead atoms. The van der Waals surface area contributed by atoms with Crippen LogP contribution in [0, 0.1) is 0 Å². The first-order chi connectivity index (χ1) is 10.8. The lowest BCUT2D eigenvalue weighted by molar-refractivity contribution is 0.0852. The van der Waals surface area contributed by atoms with Crippen molar-refractivity contribution in [3.8, 4) is 5.75 Å². The van der Waals surface area contributed by atoms with Gasteiger partial charge in [0.05, 0.1) is 7.11 Å². The Kier molecular flexibility index (Phi) is 3.82. The largest absolute Gasteiger partial charge is 0.497 e. The zero-order valence-corrected chi connectivity index (χ0v) is 11.9. The predicted molar refractivity (Wildman–Crippen MR) is 83.8 cm³/mol. The molecule has 6 heteroatoms. The van der Waals surface area contributed by atoms with Crippen molar-refractivity contribution < 1.29 is 9.53 Å². The van der Waals surface area contributed by atoms with Crippen LogP contribution in [0.2, 0.25) is 0 Å². The Morgan fingerprint density at radius 1 is 1.14 bits per heavy atom. The van der Waals surface area contributed by atoms with Gasteiger partial charge in [-0.1, -0.05) is 36.4 Å². The van der Waals surface area contributed by atoms with Gasteiger partial charge in [0.2, 0.25) is 0 Å². The van der Waals surface area contributed by atoms with Gasteiger partial charge in [-0.2, -0.15) is 10.1 Å². The van der Waals surface area contributed by atoms with Crippen molar-refractivity contribution in [1.29, 1.82) is 0 Å². The van der Waals surface area contributed by atoms with Gasteiger partial charge in [0.15, 0.2) is 5.84 Å². The van der Waals surface area contributed by atoms with Gasteiger partial charge in [-0.15, -0.1) is 5.10 Å². The number of hydrogen-bond donors (Lipinski definition) is 1. The Balaban J connectivity index is 1.87. The molecule has 1 amide bonds. The highest BCUT2D eigenvalue weighted by Crippen LogP contribution is 2.15. The van der Waals surface area contributed by atoms with Gasteiger partial charge in [-0.25, -0.2) is 0 Å². The lowest BCUT2D eigenvalue weighted by atomic mass is 10.2. The molecule has 0 atom stereocenters. The number of carbonyl (C=O) groups is 1. The number of carbonyl (C=O) groups excluding carboxylic acids is 1. The Morgan fingerprint density at radius 3 is 2.73 bits per heavy atom. The molecule has 3 rings (SSSR count). The molecule has 1 aliphatic rings. The highest BCUT2D eigenvalue weighted by Gasteiger charge is 2.18. The van der Waals surface area contributed by atoms with Crippen LogP contribution in [0.5, 0.6) is 5.75 Å². The van der Waals surface area contributed by atoms with Crippen LogP contribution in [0.25, 0.3) is 0 Å². The number of rotatable bonds is 3. The molecule has 0 saturated heterocycles. The first-order valence-corrected chi connectivity index (χ1v) is 6.69. The van der Waals surface area contributed by atoms with Crippen LogP contribution in [-0.2, 0) is 0 Å². The first kappa shape index (κ1) is 13.8. The Morgan fingerprint density at radius 2 is 1.95 bits per heavy atom. The molecule has 1 aliphatic heterocycles. The van der Waals surface area contributed by atoms with Crippen molar-refractivity contribution in [3.63, 3.8) is 0 Å². The van der Waals surface area contributed by atoms with Gasteiger partial charge in [0.25, 0.3) is 5.91 Å². The van der Waals surface area contributed by atoms with E-state index in [9.17, 15) is 4.79 Å². The second-order valence-electron chi connectivity index (χ2n) is 4.55. The highest BCUT2D eigenvalue weighted by molar-refractivity contribution is 6.06. The molecule has 0 fully saturated rings. The molecule has 1 heterocycles. The average Bonchev–Trinajstić information content (AvgIpc) is 2.62. The van der Waals surface area contributed by atoms with E-state index >= 15 is 0 Å². The minimum atomic E-state index is -0.280. The summed E-state index contributed by atoms with van der Waals surface area (Å²) in [7, 11) is 1.56. The minimum absolute atomic E-state index is 0.280. The van der Waals surface area contributed by atoms with E-state index in [1.54, 1.807) is 31.4 Å². The second kappa shape index (κ2) is 6.09. The molecule has 0 unspecified atom stereocenters. The molecule has 0 radical (unpaired) electrons. The molecule has 22 heavy (non-hydrogen) atoms. The van der Waals surface area contributed by atoms with E-state index in [4.69, 9.17) is 4.74 Å². The molecular formula is C16H14N4O2. The van der Waals surface area contributed by atoms with E-state index in [1.807, 2.05) is 30.3 Å². The first-order valence-electron chi connectivity index (χ1n) is 6.69. The number of hydrazone groups is 2. The molecular weight excluding hydrogens is 280 g/mol. The third kappa shape index (κ3) is 2.80. The summed E-state index contributed by atoms with van der Waals surface area (Å²) in [6.07, 6.45) is 1.34. The molecule has 0 saturated carbocycles. The van der Waals surface area contributed by atoms with Gasteiger partial charge in [-0.3, -0.25) is 10.2 Å². The Bertz CT molecular complexity index is 741. The van der Waals surface area contributed by atoms with Crippen molar-refractivity contribution in [3.05, 3.63) is 65.7 Å². The third-order valence-corrected chi connectivity index (χ3v) is 3.12. The average molecular weight is 294 g/mol. The summed E-state index contributed by atoms with van der Waals surface area (Å²) in [5.74, 6) is 0.849. The Hall–Kier alpha value is -3.15. The van der Waals surface area contributed by atoms with Gasteiger partial charge in [0, 0.05) is 11.1 Å². The third-order valence-electron chi connectivity index (χ3n) is 3.12. The smallest absolute Gasteiger partial charge is 0.279 e. The maximum Gasteiger partial charge on any atom is 0.279 e. The summed E-state index contributed by atoms with van der Waals surface area (Å²) >= 11 is 0. The summed E-state index contributed by atoms with van der Waals surface area (Å²) in [6.45, 7) is 0. The molecule has 0 aromatic heterocycles. The standard InChI is InChI=1S/C16H14N4O2/c1-22-14-9-5-8-13(10-14)16(21)20-11-17-18-15(19-20)12-6-3-2-4-7-12/h2-11H,1H3,(H,18,19). The molecule has 1 N–H and O–H groups in total. The van der Waals surface area contributed by atoms with Crippen molar-refractivity contribution >= 4 is 18.1 Å².